The zero-order valence-corrected chi connectivity index (χ0v) is 11.4. The molecule has 1 aromatic carbocycles. The molecule has 0 unspecified atom stereocenters. The van der Waals surface area contributed by atoms with Crippen LogP contribution in [0.1, 0.15) is 55.8 Å². The molecule has 0 saturated heterocycles. The largest absolute Gasteiger partial charge is 0.872 e. The third-order valence-electron chi connectivity index (χ3n) is 2.95. The molecule has 0 aromatic heterocycles. The highest BCUT2D eigenvalue weighted by atomic mass is 16.5. The highest BCUT2D eigenvalue weighted by Crippen LogP contribution is 2.21. The number of benzene rings is 1. The van der Waals surface area contributed by atoms with E-state index in [1.807, 2.05) is 0 Å². The number of aromatic carboxylic acids is 1. The summed E-state index contributed by atoms with van der Waals surface area (Å²) in [5.74, 6) is -1.26. The van der Waals surface area contributed by atoms with Gasteiger partial charge < -0.3 is 14.9 Å². The van der Waals surface area contributed by atoms with Crippen LogP contribution in [0, 0.1) is 0 Å². The van der Waals surface area contributed by atoms with Crippen LogP contribution in [0.3, 0.4) is 0 Å². The van der Waals surface area contributed by atoms with E-state index >= 15 is 0 Å². The Morgan fingerprint density at radius 3 is 2.53 bits per heavy atom. The number of rotatable bonds is 9. The lowest BCUT2D eigenvalue weighted by molar-refractivity contribution is -0.268. The van der Waals surface area contributed by atoms with Crippen LogP contribution in [0.5, 0.6) is 11.5 Å². The number of unbranched alkanes of at least 4 members (excludes halogenated alkanes) is 5. The van der Waals surface area contributed by atoms with E-state index in [0.717, 1.165) is 12.8 Å². The van der Waals surface area contributed by atoms with Gasteiger partial charge in [0.25, 0.3) is 0 Å². The van der Waals surface area contributed by atoms with E-state index in [9.17, 15) is 9.90 Å². The Balaban J connectivity index is 2.26. The van der Waals surface area contributed by atoms with Crippen molar-refractivity contribution in [3.63, 3.8) is 0 Å². The first-order valence-electron chi connectivity index (χ1n) is 6.82. The first kappa shape index (κ1) is 15.3. The van der Waals surface area contributed by atoms with Crippen molar-refractivity contribution < 1.29 is 19.7 Å². The number of carboxylic acids is 1. The monoisotopic (exact) mass is 265 g/mol. The van der Waals surface area contributed by atoms with Crippen molar-refractivity contribution in [3.8, 4) is 11.5 Å². The number of carboxylic acid groups (broad SMARTS) is 1. The van der Waals surface area contributed by atoms with Gasteiger partial charge in [0, 0.05) is 0 Å². The average molecular weight is 265 g/mol. The summed E-state index contributed by atoms with van der Waals surface area (Å²) in [7, 11) is 0. The summed E-state index contributed by atoms with van der Waals surface area (Å²) >= 11 is 0. The maximum absolute atomic E-state index is 11.4. The molecule has 0 bridgehead atoms. The molecule has 1 aromatic rings. The van der Waals surface area contributed by atoms with Gasteiger partial charge in [-0.15, -0.1) is 0 Å². The molecular weight excluding hydrogens is 244 g/mol. The molecule has 1 rings (SSSR count). The molecule has 0 amide bonds. The van der Waals surface area contributed by atoms with Crippen LogP contribution in [0.25, 0.3) is 0 Å². The maximum Gasteiger partial charge on any atom is 0.335 e. The fourth-order valence-corrected chi connectivity index (χ4v) is 1.84. The first-order chi connectivity index (χ1) is 9.15. The Morgan fingerprint density at radius 2 is 1.89 bits per heavy atom. The molecule has 0 aliphatic heterocycles. The van der Waals surface area contributed by atoms with E-state index in [4.69, 9.17) is 9.84 Å². The van der Waals surface area contributed by atoms with Gasteiger partial charge in [-0.25, -0.2) is 4.79 Å². The lowest BCUT2D eigenvalue weighted by Gasteiger charge is -2.13. The number of hydrogen-bond acceptors (Lipinski definition) is 3. The second-order valence-corrected chi connectivity index (χ2v) is 4.58. The maximum atomic E-state index is 11.4. The fourth-order valence-electron chi connectivity index (χ4n) is 1.84. The average Bonchev–Trinajstić information content (AvgIpc) is 2.37. The Bertz CT molecular complexity index is 401. The normalized spacial score (nSPS) is 10.4. The zero-order valence-electron chi connectivity index (χ0n) is 11.4. The lowest BCUT2D eigenvalue weighted by atomic mass is 10.1. The molecule has 0 aliphatic carbocycles. The van der Waals surface area contributed by atoms with Crippen LogP contribution in [0.4, 0.5) is 0 Å². The molecule has 0 aliphatic rings. The van der Waals surface area contributed by atoms with Crippen molar-refractivity contribution in [2.75, 3.05) is 6.61 Å². The van der Waals surface area contributed by atoms with Gasteiger partial charge in [0.15, 0.2) is 0 Å². The molecule has 0 saturated carbocycles. The molecule has 0 atom stereocenters. The van der Waals surface area contributed by atoms with Crippen LogP contribution in [-0.4, -0.2) is 17.7 Å². The Labute approximate surface area is 114 Å². The third kappa shape index (κ3) is 5.64. The van der Waals surface area contributed by atoms with Crippen molar-refractivity contribution in [1.29, 1.82) is 0 Å². The highest BCUT2D eigenvalue weighted by Gasteiger charge is 2.04. The predicted octanol–water partition coefficient (Wildman–Crippen LogP) is 3.20. The van der Waals surface area contributed by atoms with Gasteiger partial charge in [0.2, 0.25) is 0 Å². The van der Waals surface area contributed by atoms with Crippen molar-refractivity contribution in [3.05, 3.63) is 23.8 Å². The van der Waals surface area contributed by atoms with E-state index in [2.05, 4.69) is 6.92 Å². The molecule has 4 nitrogen and oxygen atoms in total. The van der Waals surface area contributed by atoms with Crippen molar-refractivity contribution in [1.82, 2.24) is 0 Å². The van der Waals surface area contributed by atoms with Crippen LogP contribution in [0.2, 0.25) is 0 Å². The van der Waals surface area contributed by atoms with Gasteiger partial charge >= 0.3 is 5.97 Å². The van der Waals surface area contributed by atoms with Gasteiger partial charge in [0.05, 0.1) is 12.2 Å². The standard InChI is InChI=1S/C15H22O4/c1-2-3-4-5-6-7-10-19-12-8-9-13(15(17)18)14(16)11-12/h8-9,11,16H,2-7,10H2,1H3,(H,17,18)/p-1. The van der Waals surface area contributed by atoms with E-state index in [0.29, 0.717) is 12.4 Å². The molecule has 0 radical (unpaired) electrons. The number of carbonyl (C=O) groups is 1. The lowest BCUT2D eigenvalue weighted by Crippen LogP contribution is -2.05. The fraction of sp³-hybridized carbons (Fsp3) is 0.533. The number of hydrogen-bond donors (Lipinski definition) is 1. The molecular formula is C15H21O4-. The van der Waals surface area contributed by atoms with E-state index < -0.39 is 11.7 Å². The molecule has 0 heterocycles. The zero-order chi connectivity index (χ0) is 14.1. The summed E-state index contributed by atoms with van der Waals surface area (Å²) < 4.78 is 5.44. The molecule has 106 valence electrons. The quantitative estimate of drug-likeness (QED) is 0.696. The Morgan fingerprint density at radius 1 is 1.21 bits per heavy atom. The third-order valence-corrected chi connectivity index (χ3v) is 2.95. The predicted molar refractivity (Wildman–Crippen MR) is 71.7 cm³/mol. The summed E-state index contributed by atoms with van der Waals surface area (Å²) in [6.45, 7) is 2.75. The van der Waals surface area contributed by atoms with Gasteiger partial charge in [-0.2, -0.15) is 0 Å². The van der Waals surface area contributed by atoms with Gasteiger partial charge in [-0.1, -0.05) is 44.8 Å². The SMILES string of the molecule is CCCCCCCCOc1ccc(C(=O)O)c([O-])c1. The summed E-state index contributed by atoms with van der Waals surface area (Å²) in [5.41, 5.74) is -0.216. The van der Waals surface area contributed by atoms with Crippen molar-refractivity contribution in [2.45, 2.75) is 45.4 Å². The van der Waals surface area contributed by atoms with Crippen LogP contribution in [-0.2, 0) is 0 Å². The van der Waals surface area contributed by atoms with Gasteiger partial charge in [0.1, 0.15) is 5.75 Å². The van der Waals surface area contributed by atoms with Crippen molar-refractivity contribution in [2.24, 2.45) is 0 Å². The Kier molecular flexibility index (Phi) is 6.79. The van der Waals surface area contributed by atoms with E-state index in [-0.39, 0.29) is 5.56 Å². The number of ether oxygens (including phenoxy) is 1. The molecule has 4 heteroatoms. The van der Waals surface area contributed by atoms with Gasteiger partial charge in [-0.3, -0.25) is 0 Å². The first-order valence-corrected chi connectivity index (χ1v) is 6.82. The smallest absolute Gasteiger partial charge is 0.335 e. The molecule has 0 spiro atoms. The molecule has 1 N–H and O–H groups in total. The molecule has 0 fully saturated rings. The minimum atomic E-state index is -1.20. The van der Waals surface area contributed by atoms with Crippen LogP contribution in [0.15, 0.2) is 18.2 Å². The second-order valence-electron chi connectivity index (χ2n) is 4.58. The van der Waals surface area contributed by atoms with E-state index in [1.54, 1.807) is 0 Å². The molecule has 19 heavy (non-hydrogen) atoms. The van der Waals surface area contributed by atoms with Crippen molar-refractivity contribution >= 4 is 5.97 Å². The van der Waals surface area contributed by atoms with Gasteiger partial charge in [-0.05, 0) is 24.6 Å². The van der Waals surface area contributed by atoms with E-state index in [1.165, 1.54) is 43.9 Å². The van der Waals surface area contributed by atoms with Crippen LogP contribution < -0.4 is 9.84 Å². The summed E-state index contributed by atoms with van der Waals surface area (Å²) in [4.78, 5) is 10.7. The second kappa shape index (κ2) is 8.40. The summed E-state index contributed by atoms with van der Waals surface area (Å²) in [6.07, 6.45) is 7.06. The Hall–Kier alpha value is -1.71. The van der Waals surface area contributed by atoms with Crippen LogP contribution >= 0.6 is 0 Å². The minimum absolute atomic E-state index is 0.216. The minimum Gasteiger partial charge on any atom is -0.872 e. The highest BCUT2D eigenvalue weighted by molar-refractivity contribution is 5.90. The summed E-state index contributed by atoms with van der Waals surface area (Å²) in [5, 5.41) is 20.2. The summed E-state index contributed by atoms with van der Waals surface area (Å²) in [6, 6.07) is 4.06. The topological polar surface area (TPSA) is 69.6 Å².